The highest BCUT2D eigenvalue weighted by atomic mass is 32.2. The summed E-state index contributed by atoms with van der Waals surface area (Å²) in [6.45, 7) is 1.31. The zero-order valence-electron chi connectivity index (χ0n) is 14.8. The molecule has 1 aliphatic carbocycles. The quantitative estimate of drug-likeness (QED) is 0.773. The van der Waals surface area contributed by atoms with Crippen LogP contribution >= 0.6 is 0 Å². The topological polar surface area (TPSA) is 70.6 Å². The summed E-state index contributed by atoms with van der Waals surface area (Å²) in [4.78, 5) is 18.3. The van der Waals surface area contributed by atoms with Crippen molar-refractivity contribution in [2.24, 2.45) is 5.92 Å². The molecule has 1 amide bonds. The number of aromatic nitrogens is 1. The van der Waals surface area contributed by atoms with Crippen LogP contribution < -0.4 is 0 Å². The molecular weight excluding hydrogens is 338 g/mol. The van der Waals surface area contributed by atoms with Crippen molar-refractivity contribution in [1.29, 1.82) is 0 Å². The smallest absolute Gasteiger partial charge is 0.222 e. The van der Waals surface area contributed by atoms with E-state index in [1.807, 2.05) is 6.07 Å². The third-order valence-corrected chi connectivity index (χ3v) is 6.58. The fourth-order valence-electron chi connectivity index (χ4n) is 3.80. The molecule has 2 fully saturated rings. The Kier molecular flexibility index (Phi) is 5.74. The van der Waals surface area contributed by atoms with Crippen LogP contribution in [0.25, 0.3) is 0 Å². The van der Waals surface area contributed by atoms with Crippen LogP contribution in [-0.2, 0) is 21.4 Å². The van der Waals surface area contributed by atoms with Gasteiger partial charge in [0.1, 0.15) is 0 Å². The summed E-state index contributed by atoms with van der Waals surface area (Å²) in [5.41, 5.74) is 0.861. The average molecular weight is 365 g/mol. The molecule has 2 heterocycles. The number of sulfonamides is 1. The van der Waals surface area contributed by atoms with Gasteiger partial charge in [0.15, 0.2) is 0 Å². The zero-order valence-corrected chi connectivity index (χ0v) is 15.6. The number of amides is 1. The minimum absolute atomic E-state index is 0.134. The molecule has 0 unspecified atom stereocenters. The van der Waals surface area contributed by atoms with Crippen LogP contribution in [0, 0.1) is 5.92 Å². The lowest BCUT2D eigenvalue weighted by molar-refractivity contribution is -0.138. The minimum atomic E-state index is -3.33. The number of pyridine rings is 1. The normalized spacial score (nSPS) is 19.8. The van der Waals surface area contributed by atoms with E-state index in [1.165, 1.54) is 29.8 Å². The maximum absolute atomic E-state index is 12.4. The van der Waals surface area contributed by atoms with E-state index in [0.29, 0.717) is 32.0 Å². The number of carbonyl (C=O) groups is 1. The Morgan fingerprint density at radius 1 is 1.28 bits per heavy atom. The van der Waals surface area contributed by atoms with Crippen LogP contribution in [0.4, 0.5) is 0 Å². The van der Waals surface area contributed by atoms with Crippen molar-refractivity contribution in [3.63, 3.8) is 0 Å². The molecule has 0 atom stereocenters. The third-order valence-electron chi connectivity index (χ3n) is 5.30. The summed E-state index contributed by atoms with van der Waals surface area (Å²) < 4.78 is 25.8. The second-order valence-electron chi connectivity index (χ2n) is 7.33. The number of likely N-dealkylation sites (tertiary alicyclic amines) is 1. The van der Waals surface area contributed by atoms with Crippen molar-refractivity contribution >= 4 is 15.9 Å². The second kappa shape index (κ2) is 7.83. The predicted molar refractivity (Wildman–Crippen MR) is 96.2 cm³/mol. The Morgan fingerprint density at radius 3 is 2.60 bits per heavy atom. The van der Waals surface area contributed by atoms with E-state index >= 15 is 0 Å². The van der Waals surface area contributed by atoms with Gasteiger partial charge in [0.25, 0.3) is 0 Å². The molecule has 7 heteroatoms. The van der Waals surface area contributed by atoms with E-state index in [0.717, 1.165) is 18.4 Å². The highest BCUT2D eigenvalue weighted by Crippen LogP contribution is 2.28. The fraction of sp³-hybridized carbons (Fsp3) is 0.667. The highest BCUT2D eigenvalue weighted by Gasteiger charge is 2.39. The molecule has 3 rings (SSSR count). The van der Waals surface area contributed by atoms with E-state index in [9.17, 15) is 13.2 Å². The molecule has 0 radical (unpaired) electrons. The van der Waals surface area contributed by atoms with Gasteiger partial charge < -0.3 is 4.90 Å². The summed E-state index contributed by atoms with van der Waals surface area (Å²) in [6.07, 6.45) is 11.3. The summed E-state index contributed by atoms with van der Waals surface area (Å²) >= 11 is 0. The van der Waals surface area contributed by atoms with Crippen LogP contribution in [0.15, 0.2) is 24.5 Å². The van der Waals surface area contributed by atoms with Gasteiger partial charge in [-0.15, -0.1) is 0 Å². The number of carbonyl (C=O) groups excluding carboxylic acids is 1. The molecule has 0 aromatic carbocycles. The molecule has 1 saturated heterocycles. The standard InChI is InChI=1S/C18H27N3O3S/c1-25(23,24)21(12-16-8-5-9-19-11-16)17-13-20(14-17)18(22)10-15-6-3-2-4-7-15/h5,8-9,11,15,17H,2-4,6-7,10,12-14H2,1H3. The summed E-state index contributed by atoms with van der Waals surface area (Å²) in [7, 11) is -3.33. The molecule has 0 spiro atoms. The largest absolute Gasteiger partial charge is 0.339 e. The lowest BCUT2D eigenvalue weighted by atomic mass is 9.86. The van der Waals surface area contributed by atoms with Gasteiger partial charge in [0, 0.05) is 38.4 Å². The summed E-state index contributed by atoms with van der Waals surface area (Å²) in [5.74, 6) is 0.694. The van der Waals surface area contributed by atoms with E-state index in [4.69, 9.17) is 0 Å². The molecule has 0 bridgehead atoms. The SMILES string of the molecule is CS(=O)(=O)N(Cc1cccnc1)C1CN(C(=O)CC2CCCCC2)C1. The average Bonchev–Trinajstić information content (AvgIpc) is 2.53. The number of hydrogen-bond acceptors (Lipinski definition) is 4. The molecule has 1 aromatic heterocycles. The van der Waals surface area contributed by atoms with Gasteiger partial charge in [0.2, 0.25) is 15.9 Å². The van der Waals surface area contributed by atoms with Crippen LogP contribution in [0.3, 0.4) is 0 Å². The molecule has 2 aliphatic rings. The number of rotatable bonds is 6. The van der Waals surface area contributed by atoms with Gasteiger partial charge in [-0.3, -0.25) is 9.78 Å². The molecule has 1 saturated carbocycles. The van der Waals surface area contributed by atoms with Gasteiger partial charge in [0.05, 0.1) is 12.3 Å². The first-order chi connectivity index (χ1) is 11.9. The first-order valence-electron chi connectivity index (χ1n) is 9.07. The zero-order chi connectivity index (χ0) is 17.9. The lowest BCUT2D eigenvalue weighted by Gasteiger charge is -2.44. The first-order valence-corrected chi connectivity index (χ1v) is 10.9. The van der Waals surface area contributed by atoms with E-state index in [2.05, 4.69) is 4.98 Å². The van der Waals surface area contributed by atoms with Crippen molar-refractivity contribution in [3.05, 3.63) is 30.1 Å². The van der Waals surface area contributed by atoms with Crippen molar-refractivity contribution in [2.45, 2.75) is 51.1 Å². The molecule has 1 aliphatic heterocycles. The number of nitrogens with zero attached hydrogens (tertiary/aromatic N) is 3. The van der Waals surface area contributed by atoms with Gasteiger partial charge in [-0.2, -0.15) is 4.31 Å². The Balaban J connectivity index is 1.55. The maximum atomic E-state index is 12.4. The second-order valence-corrected chi connectivity index (χ2v) is 9.27. The molecular formula is C18H27N3O3S. The highest BCUT2D eigenvalue weighted by molar-refractivity contribution is 7.88. The van der Waals surface area contributed by atoms with Gasteiger partial charge in [-0.05, 0) is 30.4 Å². The first kappa shape index (κ1) is 18.3. The van der Waals surface area contributed by atoms with Crippen LogP contribution in [0.1, 0.15) is 44.1 Å². The maximum Gasteiger partial charge on any atom is 0.222 e. The molecule has 6 nitrogen and oxygen atoms in total. The lowest BCUT2D eigenvalue weighted by Crippen LogP contribution is -2.62. The van der Waals surface area contributed by atoms with Crippen molar-refractivity contribution in [2.75, 3.05) is 19.3 Å². The summed E-state index contributed by atoms with van der Waals surface area (Å²) in [6, 6.07) is 3.54. The fourth-order valence-corrected chi connectivity index (χ4v) is 4.86. The molecule has 25 heavy (non-hydrogen) atoms. The van der Waals surface area contributed by atoms with E-state index in [-0.39, 0.29) is 11.9 Å². The van der Waals surface area contributed by atoms with Crippen molar-refractivity contribution < 1.29 is 13.2 Å². The minimum Gasteiger partial charge on any atom is -0.339 e. The Morgan fingerprint density at radius 2 is 2.00 bits per heavy atom. The van der Waals surface area contributed by atoms with E-state index in [1.54, 1.807) is 23.4 Å². The van der Waals surface area contributed by atoms with Crippen LogP contribution in [-0.4, -0.2) is 53.9 Å². The number of hydrogen-bond donors (Lipinski definition) is 0. The molecule has 1 aromatic rings. The Hall–Kier alpha value is -1.47. The molecule has 138 valence electrons. The Bertz CT molecular complexity index is 681. The predicted octanol–water partition coefficient (Wildman–Crippen LogP) is 2.02. The molecule has 0 N–H and O–H groups in total. The van der Waals surface area contributed by atoms with Crippen LogP contribution in [0.2, 0.25) is 0 Å². The summed E-state index contributed by atoms with van der Waals surface area (Å²) in [5, 5.41) is 0. The van der Waals surface area contributed by atoms with Crippen molar-refractivity contribution in [3.8, 4) is 0 Å². The monoisotopic (exact) mass is 365 g/mol. The van der Waals surface area contributed by atoms with Gasteiger partial charge >= 0.3 is 0 Å². The van der Waals surface area contributed by atoms with Crippen LogP contribution in [0.5, 0.6) is 0 Å². The van der Waals surface area contributed by atoms with Gasteiger partial charge in [-0.1, -0.05) is 25.3 Å². The van der Waals surface area contributed by atoms with Gasteiger partial charge in [-0.25, -0.2) is 8.42 Å². The van der Waals surface area contributed by atoms with Crippen molar-refractivity contribution in [1.82, 2.24) is 14.2 Å². The van der Waals surface area contributed by atoms with E-state index < -0.39 is 10.0 Å². The third kappa shape index (κ3) is 4.79. The Labute approximate surface area is 150 Å².